The first-order valence-electron chi connectivity index (χ1n) is 4.24. The molecule has 0 unspecified atom stereocenters. The first kappa shape index (κ1) is 11.2. The standard InChI is InChI=1S/C9H6ClF2N3S/c1-3-2-4(11)5(6(10)7(3)12)8-14-9(13)16-15-8/h2H,1H3,(H2,13,14,15). The Hall–Kier alpha value is -1.27. The van der Waals surface area contributed by atoms with Gasteiger partial charge in [-0.2, -0.15) is 9.36 Å². The van der Waals surface area contributed by atoms with E-state index in [0.717, 1.165) is 17.6 Å². The topological polar surface area (TPSA) is 51.8 Å². The average Bonchev–Trinajstić information content (AvgIpc) is 2.61. The minimum absolute atomic E-state index is 0.00361. The van der Waals surface area contributed by atoms with Crippen LogP contribution in [-0.4, -0.2) is 9.36 Å². The Bertz CT molecular complexity index is 556. The summed E-state index contributed by atoms with van der Waals surface area (Å²) in [7, 11) is 0. The smallest absolute Gasteiger partial charge is 0.200 e. The van der Waals surface area contributed by atoms with Gasteiger partial charge in [0.05, 0.1) is 10.6 Å². The molecule has 0 saturated carbocycles. The zero-order valence-electron chi connectivity index (χ0n) is 8.09. The molecule has 3 nitrogen and oxygen atoms in total. The fourth-order valence-electron chi connectivity index (χ4n) is 1.26. The predicted molar refractivity (Wildman–Crippen MR) is 59.4 cm³/mol. The third kappa shape index (κ3) is 1.74. The van der Waals surface area contributed by atoms with E-state index in [4.69, 9.17) is 17.3 Å². The molecular formula is C9H6ClF2N3S. The Morgan fingerprint density at radius 1 is 1.44 bits per heavy atom. The predicted octanol–water partition coefficient (Wildman–Crippen LogP) is 3.03. The molecule has 0 aliphatic rings. The van der Waals surface area contributed by atoms with Gasteiger partial charge >= 0.3 is 0 Å². The minimum Gasteiger partial charge on any atom is -0.374 e. The summed E-state index contributed by atoms with van der Waals surface area (Å²) in [6, 6.07) is 1.05. The van der Waals surface area contributed by atoms with Crippen molar-refractivity contribution in [3.63, 3.8) is 0 Å². The number of benzene rings is 1. The number of hydrogen-bond donors (Lipinski definition) is 1. The number of nitrogen functional groups attached to an aromatic ring is 1. The van der Waals surface area contributed by atoms with Crippen LogP contribution < -0.4 is 5.73 Å². The molecule has 0 bridgehead atoms. The third-order valence-electron chi connectivity index (χ3n) is 2.01. The molecule has 2 aromatic rings. The number of rotatable bonds is 1. The van der Waals surface area contributed by atoms with E-state index >= 15 is 0 Å². The largest absolute Gasteiger partial charge is 0.374 e. The number of hydrogen-bond acceptors (Lipinski definition) is 4. The van der Waals surface area contributed by atoms with E-state index in [-0.39, 0.29) is 27.1 Å². The maximum atomic E-state index is 13.6. The summed E-state index contributed by atoms with van der Waals surface area (Å²) < 4.78 is 30.9. The van der Waals surface area contributed by atoms with Crippen molar-refractivity contribution in [3.8, 4) is 11.4 Å². The summed E-state index contributed by atoms with van der Waals surface area (Å²) in [6.45, 7) is 1.43. The molecular weight excluding hydrogens is 256 g/mol. The summed E-state index contributed by atoms with van der Waals surface area (Å²) >= 11 is 6.61. The first-order valence-corrected chi connectivity index (χ1v) is 5.39. The zero-order chi connectivity index (χ0) is 11.9. The second-order valence-corrected chi connectivity index (χ2v) is 4.30. The molecule has 0 radical (unpaired) electrons. The highest BCUT2D eigenvalue weighted by molar-refractivity contribution is 7.09. The van der Waals surface area contributed by atoms with Crippen LogP contribution >= 0.6 is 23.1 Å². The number of aromatic nitrogens is 2. The van der Waals surface area contributed by atoms with Gasteiger partial charge < -0.3 is 5.73 Å². The molecule has 0 aliphatic carbocycles. The monoisotopic (exact) mass is 261 g/mol. The third-order valence-corrected chi connectivity index (χ3v) is 2.90. The van der Waals surface area contributed by atoms with E-state index in [9.17, 15) is 8.78 Å². The van der Waals surface area contributed by atoms with E-state index in [2.05, 4.69) is 9.36 Å². The van der Waals surface area contributed by atoms with Crippen molar-refractivity contribution in [2.75, 3.05) is 5.73 Å². The van der Waals surface area contributed by atoms with E-state index in [1.54, 1.807) is 0 Å². The SMILES string of the molecule is Cc1cc(F)c(-c2nsc(N)n2)c(Cl)c1F. The lowest BCUT2D eigenvalue weighted by molar-refractivity contribution is 0.595. The van der Waals surface area contributed by atoms with E-state index in [0.29, 0.717) is 0 Å². The number of halogens is 3. The number of nitrogens with two attached hydrogens (primary N) is 1. The Balaban J connectivity index is 2.70. The zero-order valence-corrected chi connectivity index (χ0v) is 9.66. The van der Waals surface area contributed by atoms with Crippen LogP contribution in [0, 0.1) is 18.6 Å². The van der Waals surface area contributed by atoms with Crippen molar-refractivity contribution >= 4 is 28.3 Å². The van der Waals surface area contributed by atoms with Crippen molar-refractivity contribution in [2.24, 2.45) is 0 Å². The van der Waals surface area contributed by atoms with Crippen LogP contribution in [0.2, 0.25) is 5.02 Å². The van der Waals surface area contributed by atoms with E-state index in [1.165, 1.54) is 6.92 Å². The van der Waals surface area contributed by atoms with Gasteiger partial charge in [-0.15, -0.1) is 0 Å². The molecule has 0 saturated heterocycles. The molecule has 0 amide bonds. The van der Waals surface area contributed by atoms with Gasteiger partial charge in [-0.3, -0.25) is 0 Å². The van der Waals surface area contributed by atoms with Crippen molar-refractivity contribution in [1.82, 2.24) is 9.36 Å². The van der Waals surface area contributed by atoms with Gasteiger partial charge in [0.1, 0.15) is 11.6 Å². The number of anilines is 1. The molecule has 7 heteroatoms. The van der Waals surface area contributed by atoms with E-state index in [1.807, 2.05) is 0 Å². The molecule has 1 heterocycles. The van der Waals surface area contributed by atoms with Gasteiger partial charge in [0, 0.05) is 11.5 Å². The van der Waals surface area contributed by atoms with Crippen molar-refractivity contribution in [3.05, 3.63) is 28.3 Å². The molecule has 2 rings (SSSR count). The molecule has 0 spiro atoms. The Kier molecular flexibility index (Phi) is 2.77. The van der Waals surface area contributed by atoms with E-state index < -0.39 is 11.6 Å². The van der Waals surface area contributed by atoms with Gasteiger partial charge in [0.15, 0.2) is 11.0 Å². The molecule has 0 fully saturated rings. The maximum absolute atomic E-state index is 13.6. The molecule has 1 aromatic heterocycles. The summed E-state index contributed by atoms with van der Waals surface area (Å²) in [6.07, 6.45) is 0. The van der Waals surface area contributed by atoms with Gasteiger partial charge in [0.25, 0.3) is 0 Å². The van der Waals surface area contributed by atoms with Crippen LogP contribution in [0.5, 0.6) is 0 Å². The lowest BCUT2D eigenvalue weighted by Crippen LogP contribution is -1.95. The van der Waals surface area contributed by atoms with Crippen LogP contribution in [-0.2, 0) is 0 Å². The molecule has 16 heavy (non-hydrogen) atoms. The summed E-state index contributed by atoms with van der Waals surface area (Å²) in [5.41, 5.74) is 5.35. The minimum atomic E-state index is -0.675. The molecule has 2 N–H and O–H groups in total. The summed E-state index contributed by atoms with van der Waals surface area (Å²) in [5.74, 6) is -1.34. The second kappa shape index (κ2) is 3.95. The number of nitrogens with zero attached hydrogens (tertiary/aromatic N) is 2. The highest BCUT2D eigenvalue weighted by atomic mass is 35.5. The van der Waals surface area contributed by atoms with Crippen molar-refractivity contribution in [1.29, 1.82) is 0 Å². The summed E-state index contributed by atoms with van der Waals surface area (Å²) in [5, 5.41) is -0.151. The van der Waals surface area contributed by atoms with Crippen molar-refractivity contribution in [2.45, 2.75) is 6.92 Å². The highest BCUT2D eigenvalue weighted by Gasteiger charge is 2.19. The lowest BCUT2D eigenvalue weighted by atomic mass is 10.1. The van der Waals surface area contributed by atoms with Crippen LogP contribution in [0.15, 0.2) is 6.07 Å². The first-order chi connectivity index (χ1) is 7.50. The van der Waals surface area contributed by atoms with Crippen LogP contribution in [0.4, 0.5) is 13.9 Å². The Morgan fingerprint density at radius 2 is 2.12 bits per heavy atom. The molecule has 0 atom stereocenters. The molecule has 1 aromatic carbocycles. The maximum Gasteiger partial charge on any atom is 0.200 e. The fraction of sp³-hybridized carbons (Fsp3) is 0.111. The Labute approximate surface area is 99.0 Å². The highest BCUT2D eigenvalue weighted by Crippen LogP contribution is 2.33. The van der Waals surface area contributed by atoms with Crippen LogP contribution in [0.1, 0.15) is 5.56 Å². The quantitative estimate of drug-likeness (QED) is 0.803. The average molecular weight is 262 g/mol. The lowest BCUT2D eigenvalue weighted by Gasteiger charge is -2.05. The fourth-order valence-corrected chi connectivity index (χ4v) is 2.02. The second-order valence-electron chi connectivity index (χ2n) is 3.13. The van der Waals surface area contributed by atoms with Crippen molar-refractivity contribution < 1.29 is 8.78 Å². The normalized spacial score (nSPS) is 10.8. The molecule has 0 aliphatic heterocycles. The number of aryl methyl sites for hydroxylation is 1. The van der Waals surface area contributed by atoms with Crippen LogP contribution in [0.25, 0.3) is 11.4 Å². The van der Waals surface area contributed by atoms with Gasteiger partial charge in [-0.1, -0.05) is 11.6 Å². The van der Waals surface area contributed by atoms with Gasteiger partial charge in [-0.25, -0.2) is 8.78 Å². The van der Waals surface area contributed by atoms with Gasteiger partial charge in [-0.05, 0) is 18.6 Å². The van der Waals surface area contributed by atoms with Crippen LogP contribution in [0.3, 0.4) is 0 Å². The Morgan fingerprint density at radius 3 is 2.69 bits per heavy atom. The van der Waals surface area contributed by atoms with Gasteiger partial charge in [0.2, 0.25) is 0 Å². The summed E-state index contributed by atoms with van der Waals surface area (Å²) in [4.78, 5) is 3.77. The molecule has 84 valence electrons.